The number of sulfonamides is 1. The Labute approximate surface area is 175 Å². The van der Waals surface area contributed by atoms with E-state index in [0.29, 0.717) is 51.4 Å². The van der Waals surface area contributed by atoms with Crippen LogP contribution < -0.4 is 0 Å². The summed E-state index contributed by atoms with van der Waals surface area (Å²) in [6, 6.07) is 3.49. The smallest absolute Gasteiger partial charge is 0.248 e. The molecule has 4 heterocycles. The molecule has 2 aliphatic heterocycles. The Balaban J connectivity index is 1.54. The van der Waals surface area contributed by atoms with E-state index in [1.165, 1.54) is 16.6 Å². The second kappa shape index (κ2) is 8.75. The number of hydrogen-bond acceptors (Lipinski definition) is 7. The van der Waals surface area contributed by atoms with Gasteiger partial charge in [0.05, 0.1) is 25.4 Å². The average Bonchev–Trinajstić information content (AvgIpc) is 3.42. The third-order valence-electron chi connectivity index (χ3n) is 5.43. The highest BCUT2D eigenvalue weighted by Gasteiger charge is 2.38. The number of ether oxygens (including phenoxy) is 1. The van der Waals surface area contributed by atoms with Crippen LogP contribution in [0.15, 0.2) is 32.2 Å². The van der Waals surface area contributed by atoms with E-state index in [-0.39, 0.29) is 34.7 Å². The fourth-order valence-corrected chi connectivity index (χ4v) is 5.65. The van der Waals surface area contributed by atoms with Gasteiger partial charge in [-0.3, -0.25) is 4.79 Å². The zero-order valence-corrected chi connectivity index (χ0v) is 17.6. The Bertz CT molecular complexity index is 1010. The number of aryl methyl sites for hydroxylation is 1. The molecule has 10 heteroatoms. The molecule has 9 nitrogen and oxygen atoms in total. The first-order valence-corrected chi connectivity index (χ1v) is 11.5. The first-order chi connectivity index (χ1) is 14.5. The highest BCUT2D eigenvalue weighted by molar-refractivity contribution is 7.89. The molecule has 0 aliphatic carbocycles. The van der Waals surface area contributed by atoms with E-state index in [0.717, 1.165) is 0 Å². The Morgan fingerprint density at radius 1 is 1.23 bits per heavy atom. The van der Waals surface area contributed by atoms with Crippen LogP contribution in [0.1, 0.15) is 30.1 Å². The van der Waals surface area contributed by atoms with Crippen LogP contribution in [0.3, 0.4) is 0 Å². The summed E-state index contributed by atoms with van der Waals surface area (Å²) >= 11 is 0. The summed E-state index contributed by atoms with van der Waals surface area (Å²) in [5.74, 6) is 0.360. The number of carbonyl (C=O) groups is 1. The van der Waals surface area contributed by atoms with Gasteiger partial charge in [0.15, 0.2) is 10.7 Å². The predicted molar refractivity (Wildman–Crippen MR) is 108 cm³/mol. The predicted octanol–water partition coefficient (Wildman–Crippen LogP) is 2.01. The number of carbonyl (C=O) groups excluding carboxylic acids is 1. The monoisotopic (exact) mass is 435 g/mol. The fourth-order valence-electron chi connectivity index (χ4n) is 3.88. The average molecular weight is 436 g/mol. The second-order valence-corrected chi connectivity index (χ2v) is 9.32. The van der Waals surface area contributed by atoms with Gasteiger partial charge in [0, 0.05) is 26.2 Å². The lowest BCUT2D eigenvalue weighted by Crippen LogP contribution is -2.49. The number of piperidine rings is 1. The molecule has 2 saturated heterocycles. The molecule has 1 amide bonds. The molecule has 30 heavy (non-hydrogen) atoms. The minimum absolute atomic E-state index is 0.00169. The summed E-state index contributed by atoms with van der Waals surface area (Å²) in [6.07, 6.45) is 5.99. The van der Waals surface area contributed by atoms with Crippen LogP contribution in [0, 0.1) is 12.8 Å². The van der Waals surface area contributed by atoms with Crippen LogP contribution in [0.2, 0.25) is 0 Å². The maximum Gasteiger partial charge on any atom is 0.248 e. The van der Waals surface area contributed by atoms with Crippen LogP contribution in [-0.2, 0) is 19.6 Å². The number of aromatic nitrogens is 1. The summed E-state index contributed by atoms with van der Waals surface area (Å²) < 4.78 is 44.0. The molecule has 0 N–H and O–H groups in total. The Morgan fingerprint density at radius 3 is 2.77 bits per heavy atom. The summed E-state index contributed by atoms with van der Waals surface area (Å²) in [5, 5.41) is 3.85. The van der Waals surface area contributed by atoms with E-state index in [9.17, 15) is 13.2 Å². The highest BCUT2D eigenvalue weighted by Crippen LogP contribution is 2.30. The van der Waals surface area contributed by atoms with Crippen LogP contribution in [0.5, 0.6) is 0 Å². The molecule has 2 aromatic heterocycles. The van der Waals surface area contributed by atoms with Crippen molar-refractivity contribution < 1.29 is 26.9 Å². The van der Waals surface area contributed by atoms with Crippen molar-refractivity contribution in [2.45, 2.75) is 24.7 Å². The lowest BCUT2D eigenvalue weighted by atomic mass is 9.98. The quantitative estimate of drug-likeness (QED) is 0.707. The molecule has 4 rings (SSSR count). The second-order valence-electron chi connectivity index (χ2n) is 7.45. The first-order valence-electron chi connectivity index (χ1n) is 10.0. The standard InChI is InChI=1S/C20H25N3O6S/c1-15-19(18(29-21-15)7-6-17-5-3-11-28-17)30(25,26)23-8-2-4-16(14-23)20(24)22-9-12-27-13-10-22/h3,5-7,11,16H,2,4,8-10,12-14H2,1H3/b7-6+/t16-/m1/s1. The number of hydrogen-bond donors (Lipinski definition) is 0. The Kier molecular flexibility index (Phi) is 6.07. The van der Waals surface area contributed by atoms with Gasteiger partial charge >= 0.3 is 0 Å². The number of morpholine rings is 1. The van der Waals surface area contributed by atoms with Gasteiger partial charge in [-0.05, 0) is 44.1 Å². The summed E-state index contributed by atoms with van der Waals surface area (Å²) in [6.45, 7) is 4.26. The van der Waals surface area contributed by atoms with Crippen LogP contribution in [0.25, 0.3) is 12.2 Å². The Hall–Kier alpha value is -2.43. The molecule has 1 atom stereocenters. The van der Waals surface area contributed by atoms with Crippen molar-refractivity contribution in [2.24, 2.45) is 5.92 Å². The van der Waals surface area contributed by atoms with Crippen LogP contribution in [-0.4, -0.2) is 68.1 Å². The van der Waals surface area contributed by atoms with E-state index in [1.54, 1.807) is 30.0 Å². The van der Waals surface area contributed by atoms with E-state index in [2.05, 4.69) is 5.16 Å². The van der Waals surface area contributed by atoms with Gasteiger partial charge in [-0.15, -0.1) is 0 Å². The van der Waals surface area contributed by atoms with Gasteiger partial charge in [0.25, 0.3) is 0 Å². The Morgan fingerprint density at radius 2 is 2.03 bits per heavy atom. The van der Waals surface area contributed by atoms with Gasteiger partial charge in [0.1, 0.15) is 11.5 Å². The lowest BCUT2D eigenvalue weighted by Gasteiger charge is -2.35. The lowest BCUT2D eigenvalue weighted by molar-refractivity contribution is -0.140. The molecule has 0 saturated carbocycles. The molecule has 2 aromatic rings. The maximum absolute atomic E-state index is 13.4. The molecule has 0 aromatic carbocycles. The summed E-state index contributed by atoms with van der Waals surface area (Å²) in [7, 11) is -3.87. The van der Waals surface area contributed by atoms with Crippen molar-refractivity contribution in [3.8, 4) is 0 Å². The first kappa shape index (κ1) is 20.8. The SMILES string of the molecule is Cc1noc(/C=C/c2ccco2)c1S(=O)(=O)N1CCC[C@@H](C(=O)N2CCOCC2)C1. The number of rotatable bonds is 5. The topological polar surface area (TPSA) is 106 Å². The molecule has 2 aliphatic rings. The maximum atomic E-state index is 13.4. The van der Waals surface area contributed by atoms with E-state index in [4.69, 9.17) is 13.7 Å². The highest BCUT2D eigenvalue weighted by atomic mass is 32.2. The van der Waals surface area contributed by atoms with Gasteiger partial charge in [-0.2, -0.15) is 4.31 Å². The van der Waals surface area contributed by atoms with Gasteiger partial charge < -0.3 is 18.6 Å². The van der Waals surface area contributed by atoms with Crippen molar-refractivity contribution in [1.29, 1.82) is 0 Å². The largest absolute Gasteiger partial charge is 0.465 e. The van der Waals surface area contributed by atoms with E-state index < -0.39 is 10.0 Å². The van der Waals surface area contributed by atoms with Gasteiger partial charge in [-0.25, -0.2) is 8.42 Å². The fraction of sp³-hybridized carbons (Fsp3) is 0.500. The molecular weight excluding hydrogens is 410 g/mol. The van der Waals surface area contributed by atoms with Crippen molar-refractivity contribution in [3.05, 3.63) is 35.6 Å². The van der Waals surface area contributed by atoms with E-state index >= 15 is 0 Å². The van der Waals surface area contributed by atoms with Crippen molar-refractivity contribution in [1.82, 2.24) is 14.4 Å². The summed E-state index contributed by atoms with van der Waals surface area (Å²) in [4.78, 5) is 14.7. The summed E-state index contributed by atoms with van der Waals surface area (Å²) in [5.41, 5.74) is 0.288. The number of nitrogens with zero attached hydrogens (tertiary/aromatic N) is 3. The minimum atomic E-state index is -3.87. The normalized spacial score (nSPS) is 21.4. The van der Waals surface area contributed by atoms with Crippen LogP contribution >= 0.6 is 0 Å². The molecule has 2 fully saturated rings. The third-order valence-corrected chi connectivity index (χ3v) is 7.45. The number of amides is 1. The van der Waals surface area contributed by atoms with Gasteiger partial charge in [0.2, 0.25) is 15.9 Å². The minimum Gasteiger partial charge on any atom is -0.465 e. The number of furan rings is 1. The molecule has 0 unspecified atom stereocenters. The molecule has 0 bridgehead atoms. The molecule has 0 radical (unpaired) electrons. The third kappa shape index (κ3) is 4.21. The molecule has 162 valence electrons. The zero-order valence-electron chi connectivity index (χ0n) is 16.8. The zero-order chi connectivity index (χ0) is 21.1. The van der Waals surface area contributed by atoms with Crippen molar-refractivity contribution >= 4 is 28.1 Å². The van der Waals surface area contributed by atoms with Crippen molar-refractivity contribution in [2.75, 3.05) is 39.4 Å². The van der Waals surface area contributed by atoms with Crippen LogP contribution in [0.4, 0.5) is 0 Å². The molecular formula is C20H25N3O6S. The molecule has 0 spiro atoms. The van der Waals surface area contributed by atoms with Gasteiger partial charge in [-0.1, -0.05) is 5.16 Å². The van der Waals surface area contributed by atoms with E-state index in [1.807, 2.05) is 0 Å². The van der Waals surface area contributed by atoms with Crippen molar-refractivity contribution in [3.63, 3.8) is 0 Å².